The Bertz CT molecular complexity index is 113. The lowest BCUT2D eigenvalue weighted by Crippen LogP contribution is -1.95. The van der Waals surface area contributed by atoms with E-state index in [1.165, 1.54) is 23.0 Å². The first-order chi connectivity index (χ1) is 7.91. The molecule has 0 bridgehead atoms. The van der Waals surface area contributed by atoms with Crippen molar-refractivity contribution in [3.63, 3.8) is 0 Å². The Labute approximate surface area is 116 Å². The van der Waals surface area contributed by atoms with E-state index in [1.54, 1.807) is 0 Å². The fourth-order valence-corrected chi connectivity index (χ4v) is 4.79. The summed E-state index contributed by atoms with van der Waals surface area (Å²) >= 11 is 7.66. The van der Waals surface area contributed by atoms with E-state index in [0.29, 0.717) is 13.2 Å². The number of hydrogen-bond donors (Lipinski definition) is 2. The van der Waals surface area contributed by atoms with Gasteiger partial charge in [0.15, 0.2) is 0 Å². The molecule has 0 radical (unpaired) electrons. The molecule has 0 saturated heterocycles. The maximum absolute atomic E-state index is 8.58. The first kappa shape index (κ1) is 17.3. The molecule has 0 rings (SSSR count). The van der Waals surface area contributed by atoms with Crippen LogP contribution in [0.2, 0.25) is 0 Å². The van der Waals surface area contributed by atoms with Gasteiger partial charge in [0.1, 0.15) is 0 Å². The molecule has 0 heterocycles. The minimum absolute atomic E-state index is 0.302. The van der Waals surface area contributed by atoms with Gasteiger partial charge < -0.3 is 10.2 Å². The lowest BCUT2D eigenvalue weighted by atomic mass is 10.9. The summed E-state index contributed by atoms with van der Waals surface area (Å²) in [7, 11) is 0. The number of thioether (sulfide) groups is 4. The van der Waals surface area contributed by atoms with Crippen LogP contribution in [0.25, 0.3) is 0 Å². The largest absolute Gasteiger partial charge is 0.396 e. The molecule has 0 atom stereocenters. The summed E-state index contributed by atoms with van der Waals surface area (Å²) in [5, 5.41) is 17.2. The van der Waals surface area contributed by atoms with Crippen molar-refractivity contribution in [2.45, 2.75) is 0 Å². The van der Waals surface area contributed by atoms with Gasteiger partial charge in [0.2, 0.25) is 0 Å². The van der Waals surface area contributed by atoms with E-state index in [1.807, 2.05) is 47.0 Å². The Morgan fingerprint density at radius 1 is 0.438 bits per heavy atom. The van der Waals surface area contributed by atoms with Crippen LogP contribution in [-0.2, 0) is 0 Å². The minimum atomic E-state index is 0.302. The van der Waals surface area contributed by atoms with Crippen LogP contribution >= 0.6 is 47.0 Å². The standard InChI is InChI=1S/C10H22O2S4/c11-1-3-13-5-7-15-9-10-16-8-6-14-4-2-12/h11-12H,1-10H2. The van der Waals surface area contributed by atoms with Crippen molar-refractivity contribution in [1.82, 2.24) is 0 Å². The second-order valence-electron chi connectivity index (χ2n) is 2.90. The zero-order valence-corrected chi connectivity index (χ0v) is 12.9. The SMILES string of the molecule is OCCSCCSCCSCCSCCO. The Morgan fingerprint density at radius 3 is 0.938 bits per heavy atom. The number of hydrogen-bond acceptors (Lipinski definition) is 6. The molecule has 0 aliphatic carbocycles. The van der Waals surface area contributed by atoms with Crippen LogP contribution in [-0.4, -0.2) is 69.4 Å². The Morgan fingerprint density at radius 2 is 0.688 bits per heavy atom. The first-order valence-electron chi connectivity index (χ1n) is 5.44. The second-order valence-corrected chi connectivity index (χ2v) is 7.80. The van der Waals surface area contributed by atoms with Crippen LogP contribution in [0.1, 0.15) is 0 Å². The van der Waals surface area contributed by atoms with E-state index in [4.69, 9.17) is 10.2 Å². The maximum Gasteiger partial charge on any atom is 0.0521 e. The van der Waals surface area contributed by atoms with Gasteiger partial charge >= 0.3 is 0 Å². The molecule has 0 aliphatic rings. The van der Waals surface area contributed by atoms with Crippen molar-refractivity contribution < 1.29 is 10.2 Å². The Balaban J connectivity index is 2.83. The van der Waals surface area contributed by atoms with Crippen LogP contribution in [0.3, 0.4) is 0 Å². The zero-order chi connectivity index (χ0) is 11.9. The van der Waals surface area contributed by atoms with Crippen LogP contribution in [0, 0.1) is 0 Å². The topological polar surface area (TPSA) is 40.5 Å². The fraction of sp³-hybridized carbons (Fsp3) is 1.00. The van der Waals surface area contributed by atoms with Crippen LogP contribution in [0.5, 0.6) is 0 Å². The van der Waals surface area contributed by atoms with E-state index >= 15 is 0 Å². The quantitative estimate of drug-likeness (QED) is 0.507. The average Bonchev–Trinajstić information content (AvgIpc) is 2.31. The molecular formula is C10H22O2S4. The highest BCUT2D eigenvalue weighted by Crippen LogP contribution is 2.11. The van der Waals surface area contributed by atoms with E-state index in [9.17, 15) is 0 Å². The first-order valence-corrected chi connectivity index (χ1v) is 10.1. The summed E-state index contributed by atoms with van der Waals surface area (Å²) in [5.74, 6) is 8.91. The van der Waals surface area contributed by atoms with Crippen molar-refractivity contribution in [3.8, 4) is 0 Å². The molecule has 2 N–H and O–H groups in total. The van der Waals surface area contributed by atoms with Crippen molar-refractivity contribution in [2.75, 3.05) is 59.2 Å². The molecule has 98 valence electrons. The maximum atomic E-state index is 8.58. The van der Waals surface area contributed by atoms with Gasteiger partial charge in [-0.1, -0.05) is 0 Å². The lowest BCUT2D eigenvalue weighted by molar-refractivity contribution is 0.322. The predicted molar refractivity (Wildman–Crippen MR) is 83.5 cm³/mol. The van der Waals surface area contributed by atoms with E-state index < -0.39 is 0 Å². The molecule has 6 heteroatoms. The third-order valence-corrected chi connectivity index (χ3v) is 6.26. The van der Waals surface area contributed by atoms with Gasteiger partial charge in [-0.2, -0.15) is 47.0 Å². The third kappa shape index (κ3) is 15.3. The molecule has 0 saturated carbocycles. The normalized spacial score (nSPS) is 10.9. The summed E-state index contributed by atoms with van der Waals surface area (Å²) in [5.41, 5.74) is 0. The van der Waals surface area contributed by atoms with Crippen molar-refractivity contribution >= 4 is 47.0 Å². The van der Waals surface area contributed by atoms with Crippen molar-refractivity contribution in [2.24, 2.45) is 0 Å². The van der Waals surface area contributed by atoms with Gasteiger partial charge in [-0.25, -0.2) is 0 Å². The molecule has 16 heavy (non-hydrogen) atoms. The monoisotopic (exact) mass is 302 g/mol. The van der Waals surface area contributed by atoms with E-state index in [-0.39, 0.29) is 0 Å². The van der Waals surface area contributed by atoms with Gasteiger partial charge in [-0.15, -0.1) is 0 Å². The van der Waals surface area contributed by atoms with Crippen molar-refractivity contribution in [3.05, 3.63) is 0 Å². The smallest absolute Gasteiger partial charge is 0.0521 e. The fourth-order valence-electron chi connectivity index (χ4n) is 0.891. The Kier molecular flexibility index (Phi) is 17.7. The highest BCUT2D eigenvalue weighted by molar-refractivity contribution is 8.05. The molecule has 0 aliphatic heterocycles. The second kappa shape index (κ2) is 16.3. The third-order valence-electron chi connectivity index (χ3n) is 1.59. The van der Waals surface area contributed by atoms with E-state index in [2.05, 4.69) is 0 Å². The van der Waals surface area contributed by atoms with Gasteiger partial charge in [0.05, 0.1) is 13.2 Å². The summed E-state index contributed by atoms with van der Waals surface area (Å²) < 4.78 is 0. The summed E-state index contributed by atoms with van der Waals surface area (Å²) in [6, 6.07) is 0. The van der Waals surface area contributed by atoms with Crippen LogP contribution < -0.4 is 0 Å². The molecule has 0 amide bonds. The minimum Gasteiger partial charge on any atom is -0.396 e. The van der Waals surface area contributed by atoms with Gasteiger partial charge in [-0.05, 0) is 0 Å². The molecule has 0 unspecified atom stereocenters. The highest BCUT2D eigenvalue weighted by atomic mass is 32.2. The van der Waals surface area contributed by atoms with Gasteiger partial charge in [-0.3, -0.25) is 0 Å². The van der Waals surface area contributed by atoms with Gasteiger partial charge in [0.25, 0.3) is 0 Å². The predicted octanol–water partition coefficient (Wildman–Crippen LogP) is 1.90. The molecular weight excluding hydrogens is 280 g/mol. The molecule has 0 aromatic carbocycles. The number of aliphatic hydroxyl groups is 2. The summed E-state index contributed by atoms with van der Waals surface area (Å²) in [4.78, 5) is 0. The molecule has 0 aromatic heterocycles. The molecule has 0 fully saturated rings. The van der Waals surface area contributed by atoms with E-state index in [0.717, 1.165) is 23.0 Å². The molecule has 2 nitrogen and oxygen atoms in total. The van der Waals surface area contributed by atoms with Crippen LogP contribution in [0.4, 0.5) is 0 Å². The number of rotatable bonds is 13. The highest BCUT2D eigenvalue weighted by Gasteiger charge is 1.93. The van der Waals surface area contributed by atoms with Crippen LogP contribution in [0.15, 0.2) is 0 Å². The zero-order valence-electron chi connectivity index (χ0n) is 9.60. The number of aliphatic hydroxyl groups excluding tert-OH is 2. The van der Waals surface area contributed by atoms with Crippen molar-refractivity contribution in [1.29, 1.82) is 0 Å². The lowest BCUT2D eigenvalue weighted by Gasteiger charge is -2.02. The molecule has 0 aromatic rings. The van der Waals surface area contributed by atoms with Gasteiger partial charge in [0, 0.05) is 46.0 Å². The molecule has 0 spiro atoms. The Hall–Kier alpha value is 1.32. The average molecular weight is 303 g/mol. The summed E-state index contributed by atoms with van der Waals surface area (Å²) in [6.07, 6.45) is 0. The summed E-state index contributed by atoms with van der Waals surface area (Å²) in [6.45, 7) is 0.605.